The van der Waals surface area contributed by atoms with E-state index in [-0.39, 0.29) is 5.69 Å². The van der Waals surface area contributed by atoms with Crippen molar-refractivity contribution in [1.29, 1.82) is 0 Å². The molecule has 0 aliphatic carbocycles. The number of hydrogen-bond acceptors (Lipinski definition) is 4. The van der Waals surface area contributed by atoms with E-state index in [1.807, 2.05) is 0 Å². The fourth-order valence-electron chi connectivity index (χ4n) is 0.997. The Bertz CT molecular complexity index is 392. The van der Waals surface area contributed by atoms with E-state index < -0.39 is 10.8 Å². The van der Waals surface area contributed by atoms with Gasteiger partial charge in [-0.15, -0.1) is 11.8 Å². The lowest BCUT2D eigenvalue weighted by atomic mass is 10.2. The molecule has 1 amide bonds. The number of thioether (sulfide) groups is 1. The summed E-state index contributed by atoms with van der Waals surface area (Å²) in [7, 11) is 0. The number of rotatable bonds is 3. The molecule has 2 N–H and O–H groups in total. The molecule has 0 radical (unpaired) electrons. The molecule has 1 aromatic carbocycles. The summed E-state index contributed by atoms with van der Waals surface area (Å²) in [6.07, 6.45) is 1.73. The highest BCUT2D eigenvalue weighted by Gasteiger charge is 2.12. The van der Waals surface area contributed by atoms with Gasteiger partial charge >= 0.3 is 0 Å². The summed E-state index contributed by atoms with van der Waals surface area (Å²) in [5.41, 5.74) is 5.36. The molecule has 0 fully saturated rings. The predicted molar refractivity (Wildman–Crippen MR) is 53.4 cm³/mol. The van der Waals surface area contributed by atoms with E-state index in [1.165, 1.54) is 30.0 Å². The number of nitro groups is 1. The number of non-ortho nitro benzene ring substituents is 1. The van der Waals surface area contributed by atoms with Gasteiger partial charge in [0, 0.05) is 17.0 Å². The van der Waals surface area contributed by atoms with E-state index >= 15 is 0 Å². The molecule has 0 unspecified atom stereocenters. The van der Waals surface area contributed by atoms with Gasteiger partial charge in [0.2, 0.25) is 5.91 Å². The number of benzene rings is 1. The second kappa shape index (κ2) is 4.10. The Labute approximate surface area is 84.4 Å². The first-order valence-electron chi connectivity index (χ1n) is 3.68. The summed E-state index contributed by atoms with van der Waals surface area (Å²) in [6, 6.07) is 3.97. The van der Waals surface area contributed by atoms with Crippen LogP contribution in [0.1, 0.15) is 10.4 Å². The second-order valence-electron chi connectivity index (χ2n) is 2.51. The number of carbonyl (C=O) groups is 1. The number of nitrogens with two attached hydrogens (primary N) is 1. The van der Waals surface area contributed by atoms with Crippen molar-refractivity contribution in [2.24, 2.45) is 5.73 Å². The van der Waals surface area contributed by atoms with E-state index in [1.54, 1.807) is 6.26 Å². The van der Waals surface area contributed by atoms with Crippen LogP contribution in [-0.2, 0) is 0 Å². The fourth-order valence-corrected chi connectivity index (χ4v) is 1.62. The van der Waals surface area contributed by atoms with Crippen LogP contribution in [0.2, 0.25) is 0 Å². The third kappa shape index (κ3) is 2.02. The van der Waals surface area contributed by atoms with Gasteiger partial charge in [-0.1, -0.05) is 0 Å². The van der Waals surface area contributed by atoms with E-state index in [2.05, 4.69) is 0 Å². The summed E-state index contributed by atoms with van der Waals surface area (Å²) in [4.78, 5) is 21.3. The van der Waals surface area contributed by atoms with Crippen LogP contribution in [0.4, 0.5) is 5.69 Å². The van der Waals surface area contributed by atoms with E-state index in [4.69, 9.17) is 5.73 Å². The molecule has 0 saturated carbocycles. The van der Waals surface area contributed by atoms with Gasteiger partial charge in [0.05, 0.1) is 10.5 Å². The second-order valence-corrected chi connectivity index (χ2v) is 3.35. The molecule has 1 aromatic rings. The first-order chi connectivity index (χ1) is 6.56. The Hall–Kier alpha value is -1.56. The van der Waals surface area contributed by atoms with Crippen molar-refractivity contribution in [3.8, 4) is 0 Å². The van der Waals surface area contributed by atoms with Crippen molar-refractivity contribution in [1.82, 2.24) is 0 Å². The molecule has 0 aliphatic rings. The zero-order valence-electron chi connectivity index (χ0n) is 7.39. The van der Waals surface area contributed by atoms with Gasteiger partial charge in [-0.3, -0.25) is 14.9 Å². The van der Waals surface area contributed by atoms with Crippen LogP contribution < -0.4 is 5.73 Å². The van der Waals surface area contributed by atoms with Crippen molar-refractivity contribution in [3.05, 3.63) is 33.9 Å². The van der Waals surface area contributed by atoms with Gasteiger partial charge in [-0.2, -0.15) is 0 Å². The Morgan fingerprint density at radius 3 is 2.64 bits per heavy atom. The van der Waals surface area contributed by atoms with Crippen LogP contribution >= 0.6 is 11.8 Å². The lowest BCUT2D eigenvalue weighted by Crippen LogP contribution is -2.12. The minimum atomic E-state index is -0.579. The van der Waals surface area contributed by atoms with Gasteiger partial charge in [-0.05, 0) is 12.3 Å². The normalized spacial score (nSPS) is 9.79. The highest BCUT2D eigenvalue weighted by atomic mass is 32.2. The molecule has 74 valence electrons. The maximum absolute atomic E-state index is 10.9. The van der Waals surface area contributed by atoms with Crippen molar-refractivity contribution >= 4 is 23.4 Å². The minimum Gasteiger partial charge on any atom is -0.366 e. The zero-order chi connectivity index (χ0) is 10.7. The van der Waals surface area contributed by atoms with Crippen molar-refractivity contribution in [2.75, 3.05) is 6.26 Å². The predicted octanol–water partition coefficient (Wildman–Crippen LogP) is 1.42. The van der Waals surface area contributed by atoms with E-state index in [9.17, 15) is 14.9 Å². The molecule has 0 atom stereocenters. The largest absolute Gasteiger partial charge is 0.366 e. The maximum Gasteiger partial charge on any atom is 0.270 e. The van der Waals surface area contributed by atoms with Crippen LogP contribution in [0, 0.1) is 10.1 Å². The van der Waals surface area contributed by atoms with Crippen molar-refractivity contribution < 1.29 is 9.72 Å². The van der Waals surface area contributed by atoms with Gasteiger partial charge in [0.1, 0.15) is 0 Å². The molecule has 14 heavy (non-hydrogen) atoms. The van der Waals surface area contributed by atoms with E-state index in [0.717, 1.165) is 0 Å². The Balaban J connectivity index is 3.25. The summed E-state index contributed by atoms with van der Waals surface area (Å²) in [5, 5.41) is 10.4. The first kappa shape index (κ1) is 10.5. The third-order valence-corrected chi connectivity index (χ3v) is 2.44. The molecule has 1 rings (SSSR count). The number of hydrogen-bond donors (Lipinski definition) is 1. The zero-order valence-corrected chi connectivity index (χ0v) is 8.21. The Kier molecular flexibility index (Phi) is 3.08. The third-order valence-electron chi connectivity index (χ3n) is 1.66. The fraction of sp³-hybridized carbons (Fsp3) is 0.125. The van der Waals surface area contributed by atoms with Gasteiger partial charge in [-0.25, -0.2) is 0 Å². The molecular weight excluding hydrogens is 204 g/mol. The van der Waals surface area contributed by atoms with Crippen LogP contribution in [-0.4, -0.2) is 17.1 Å². The molecule has 0 aromatic heterocycles. The summed E-state index contributed by atoms with van der Waals surface area (Å²) >= 11 is 1.25. The average molecular weight is 212 g/mol. The van der Waals surface area contributed by atoms with Crippen molar-refractivity contribution in [2.45, 2.75) is 4.90 Å². The topological polar surface area (TPSA) is 86.2 Å². The molecule has 5 nitrogen and oxygen atoms in total. The lowest BCUT2D eigenvalue weighted by molar-refractivity contribution is -0.385. The quantitative estimate of drug-likeness (QED) is 0.466. The first-order valence-corrected chi connectivity index (χ1v) is 4.91. The molecule has 0 saturated heterocycles. The summed E-state index contributed by atoms with van der Waals surface area (Å²) < 4.78 is 0. The molecule has 6 heteroatoms. The lowest BCUT2D eigenvalue weighted by Gasteiger charge is -2.02. The number of nitrogens with zero attached hydrogens (tertiary/aromatic N) is 1. The molecular formula is C8H8N2O3S. The highest BCUT2D eigenvalue weighted by Crippen LogP contribution is 2.25. The number of carbonyl (C=O) groups excluding carboxylic acids is 1. The Morgan fingerprint density at radius 2 is 2.21 bits per heavy atom. The summed E-state index contributed by atoms with van der Waals surface area (Å²) in [5.74, 6) is -0.579. The standard InChI is InChI=1S/C8H8N2O3S/c1-14-7-4-5(10(12)13)2-3-6(7)8(9)11/h2-4H,1H3,(H2,9,11). The van der Waals surface area contributed by atoms with Crippen LogP contribution in [0.3, 0.4) is 0 Å². The van der Waals surface area contributed by atoms with Gasteiger partial charge in [0.15, 0.2) is 0 Å². The van der Waals surface area contributed by atoms with Crippen LogP contribution in [0.15, 0.2) is 23.1 Å². The molecule has 0 heterocycles. The smallest absolute Gasteiger partial charge is 0.270 e. The highest BCUT2D eigenvalue weighted by molar-refractivity contribution is 7.98. The van der Waals surface area contributed by atoms with Crippen molar-refractivity contribution in [3.63, 3.8) is 0 Å². The SMILES string of the molecule is CSc1cc([N+](=O)[O-])ccc1C(N)=O. The molecule has 0 spiro atoms. The van der Waals surface area contributed by atoms with Gasteiger partial charge in [0.25, 0.3) is 5.69 Å². The minimum absolute atomic E-state index is 0.0423. The average Bonchev–Trinajstić information content (AvgIpc) is 2.16. The molecule has 0 aliphatic heterocycles. The summed E-state index contributed by atoms with van der Waals surface area (Å²) in [6.45, 7) is 0. The monoisotopic (exact) mass is 212 g/mol. The maximum atomic E-state index is 10.9. The number of primary amides is 1. The number of amides is 1. The van der Waals surface area contributed by atoms with Crippen LogP contribution in [0.25, 0.3) is 0 Å². The van der Waals surface area contributed by atoms with Gasteiger partial charge < -0.3 is 5.73 Å². The van der Waals surface area contributed by atoms with E-state index in [0.29, 0.717) is 10.5 Å². The molecule has 0 bridgehead atoms. The number of nitro benzene ring substituents is 1. The Morgan fingerprint density at radius 1 is 1.57 bits per heavy atom. The van der Waals surface area contributed by atoms with Crippen LogP contribution in [0.5, 0.6) is 0 Å².